The number of hydrogen-bond acceptors (Lipinski definition) is 7. The average molecular weight is 264 g/mol. The van der Waals surface area contributed by atoms with Crippen LogP contribution in [0.5, 0.6) is 0 Å². The van der Waals surface area contributed by atoms with E-state index in [4.69, 9.17) is 9.84 Å². The molecule has 0 atom stereocenters. The zero-order valence-electron chi connectivity index (χ0n) is 10.5. The van der Waals surface area contributed by atoms with Crippen LogP contribution in [0.3, 0.4) is 0 Å². The molecule has 0 bridgehead atoms. The quantitative estimate of drug-likeness (QED) is 0.690. The van der Waals surface area contributed by atoms with Crippen molar-refractivity contribution < 1.29 is 9.84 Å². The van der Waals surface area contributed by atoms with E-state index < -0.39 is 0 Å². The Morgan fingerprint density at radius 3 is 3.00 bits per heavy atom. The first-order valence-electron chi connectivity index (χ1n) is 6.26. The van der Waals surface area contributed by atoms with E-state index >= 15 is 0 Å². The van der Waals surface area contributed by atoms with Crippen molar-refractivity contribution in [3.05, 3.63) is 6.33 Å². The maximum atomic E-state index is 8.85. The van der Waals surface area contributed by atoms with Crippen LogP contribution in [0.1, 0.15) is 0 Å². The van der Waals surface area contributed by atoms with Crippen molar-refractivity contribution >= 4 is 22.9 Å². The van der Waals surface area contributed by atoms with Crippen LogP contribution in [0.25, 0.3) is 11.2 Å². The zero-order chi connectivity index (χ0) is 13.1. The van der Waals surface area contributed by atoms with E-state index in [-0.39, 0.29) is 6.61 Å². The van der Waals surface area contributed by atoms with Crippen LogP contribution in [-0.4, -0.2) is 64.5 Å². The predicted molar refractivity (Wildman–Crippen MR) is 70.3 cm³/mol. The van der Waals surface area contributed by atoms with Gasteiger partial charge in [-0.3, -0.25) is 0 Å². The molecule has 1 aliphatic rings. The monoisotopic (exact) mass is 264 g/mol. The molecule has 0 saturated carbocycles. The molecule has 2 aromatic heterocycles. The van der Waals surface area contributed by atoms with Gasteiger partial charge in [-0.1, -0.05) is 0 Å². The topological polar surface area (TPSA) is 99.2 Å². The molecule has 1 saturated heterocycles. The summed E-state index contributed by atoms with van der Waals surface area (Å²) < 4.78 is 5.32. The highest BCUT2D eigenvalue weighted by Gasteiger charge is 2.16. The highest BCUT2D eigenvalue weighted by Crippen LogP contribution is 2.21. The number of anilines is 2. The standard InChI is InChI=1S/C11H16N6O2/c18-4-1-12-9-8-10(14-7-13-9)16-11(15-8)17-2-5-19-6-3-17/h7,18H,1-6H2,(H2,12,13,14,15,16). The number of imidazole rings is 1. The van der Waals surface area contributed by atoms with Crippen LogP contribution in [-0.2, 0) is 4.74 Å². The Kier molecular flexibility index (Phi) is 3.43. The number of H-pyrrole nitrogens is 1. The van der Waals surface area contributed by atoms with Gasteiger partial charge in [0.2, 0.25) is 5.95 Å². The Labute approximate surface area is 109 Å². The fourth-order valence-corrected chi connectivity index (χ4v) is 2.05. The molecule has 0 aliphatic carbocycles. The van der Waals surface area contributed by atoms with E-state index in [0.29, 0.717) is 31.2 Å². The molecular formula is C11H16N6O2. The van der Waals surface area contributed by atoms with E-state index in [1.807, 2.05) is 0 Å². The Hall–Kier alpha value is -1.93. The summed E-state index contributed by atoms with van der Waals surface area (Å²) in [5.41, 5.74) is 1.38. The average Bonchev–Trinajstić information content (AvgIpc) is 2.90. The van der Waals surface area contributed by atoms with Gasteiger partial charge >= 0.3 is 0 Å². The van der Waals surface area contributed by atoms with Crippen LogP contribution in [0, 0.1) is 0 Å². The molecule has 0 aromatic carbocycles. The lowest BCUT2D eigenvalue weighted by Gasteiger charge is -2.25. The first kappa shape index (κ1) is 12.1. The Balaban J connectivity index is 1.90. The fraction of sp³-hybridized carbons (Fsp3) is 0.545. The van der Waals surface area contributed by atoms with Gasteiger partial charge in [0, 0.05) is 19.6 Å². The summed E-state index contributed by atoms with van der Waals surface area (Å²) in [6.07, 6.45) is 1.46. The van der Waals surface area contributed by atoms with Gasteiger partial charge in [0.1, 0.15) is 11.8 Å². The molecule has 0 amide bonds. The summed E-state index contributed by atoms with van der Waals surface area (Å²) in [4.78, 5) is 18.1. The van der Waals surface area contributed by atoms with Crippen molar-refractivity contribution in [2.45, 2.75) is 0 Å². The number of ether oxygens (including phenoxy) is 1. The van der Waals surface area contributed by atoms with Crippen LogP contribution in [0.15, 0.2) is 6.33 Å². The van der Waals surface area contributed by atoms with Gasteiger partial charge in [-0.25, -0.2) is 9.97 Å². The molecule has 3 N–H and O–H groups in total. The van der Waals surface area contributed by atoms with Crippen molar-refractivity contribution in [2.75, 3.05) is 49.7 Å². The summed E-state index contributed by atoms with van der Waals surface area (Å²) in [6.45, 7) is 3.53. The van der Waals surface area contributed by atoms with Gasteiger partial charge in [0.25, 0.3) is 0 Å². The van der Waals surface area contributed by atoms with Gasteiger partial charge in [0.05, 0.1) is 19.8 Å². The van der Waals surface area contributed by atoms with Crippen molar-refractivity contribution in [3.8, 4) is 0 Å². The molecule has 0 spiro atoms. The molecule has 0 radical (unpaired) electrons. The molecular weight excluding hydrogens is 248 g/mol. The van der Waals surface area contributed by atoms with E-state index in [2.05, 4.69) is 30.2 Å². The molecule has 1 aliphatic heterocycles. The van der Waals surface area contributed by atoms with E-state index in [1.165, 1.54) is 6.33 Å². The SMILES string of the molecule is OCCNc1ncnc2nc(N3CCOCC3)[nH]c12. The molecule has 102 valence electrons. The maximum absolute atomic E-state index is 8.85. The second-order valence-electron chi connectivity index (χ2n) is 4.23. The number of fused-ring (bicyclic) bond motifs is 1. The molecule has 8 heteroatoms. The van der Waals surface area contributed by atoms with Crippen molar-refractivity contribution in [1.29, 1.82) is 0 Å². The lowest BCUT2D eigenvalue weighted by atomic mass is 10.4. The van der Waals surface area contributed by atoms with E-state index in [0.717, 1.165) is 24.6 Å². The third-order valence-corrected chi connectivity index (χ3v) is 2.99. The number of rotatable bonds is 4. The molecule has 2 aromatic rings. The van der Waals surface area contributed by atoms with Gasteiger partial charge in [-0.15, -0.1) is 0 Å². The van der Waals surface area contributed by atoms with E-state index in [1.54, 1.807) is 0 Å². The van der Waals surface area contributed by atoms with Crippen molar-refractivity contribution in [3.63, 3.8) is 0 Å². The van der Waals surface area contributed by atoms with Crippen molar-refractivity contribution in [1.82, 2.24) is 19.9 Å². The maximum Gasteiger partial charge on any atom is 0.205 e. The van der Waals surface area contributed by atoms with Gasteiger partial charge < -0.3 is 25.0 Å². The second-order valence-corrected chi connectivity index (χ2v) is 4.23. The largest absolute Gasteiger partial charge is 0.395 e. The third kappa shape index (κ3) is 2.45. The summed E-state index contributed by atoms with van der Waals surface area (Å²) in [5.74, 6) is 1.44. The summed E-state index contributed by atoms with van der Waals surface area (Å²) in [5, 5.41) is 11.9. The number of aliphatic hydroxyl groups is 1. The first-order chi connectivity index (χ1) is 9.38. The number of nitrogens with one attached hydrogen (secondary N) is 2. The number of aromatic nitrogens is 4. The number of morpholine rings is 1. The number of aliphatic hydroxyl groups excluding tert-OH is 1. The second kappa shape index (κ2) is 5.37. The summed E-state index contributed by atoms with van der Waals surface area (Å²) in [7, 11) is 0. The molecule has 1 fully saturated rings. The molecule has 3 rings (SSSR count). The number of hydrogen-bond donors (Lipinski definition) is 3. The minimum absolute atomic E-state index is 0.0515. The zero-order valence-corrected chi connectivity index (χ0v) is 10.5. The van der Waals surface area contributed by atoms with Crippen LogP contribution in [0.4, 0.5) is 11.8 Å². The Morgan fingerprint density at radius 2 is 2.21 bits per heavy atom. The summed E-state index contributed by atoms with van der Waals surface area (Å²) in [6, 6.07) is 0. The smallest absolute Gasteiger partial charge is 0.205 e. The molecule has 8 nitrogen and oxygen atoms in total. The number of nitrogens with zero attached hydrogens (tertiary/aromatic N) is 4. The number of aromatic amines is 1. The highest BCUT2D eigenvalue weighted by molar-refractivity contribution is 5.84. The third-order valence-electron chi connectivity index (χ3n) is 2.99. The minimum Gasteiger partial charge on any atom is -0.395 e. The van der Waals surface area contributed by atoms with Gasteiger partial charge in [-0.2, -0.15) is 4.98 Å². The minimum atomic E-state index is 0.0515. The van der Waals surface area contributed by atoms with Crippen LogP contribution in [0.2, 0.25) is 0 Å². The molecule has 3 heterocycles. The predicted octanol–water partition coefficient (Wildman–Crippen LogP) is -0.406. The lowest BCUT2D eigenvalue weighted by molar-refractivity contribution is 0.122. The van der Waals surface area contributed by atoms with Crippen LogP contribution >= 0.6 is 0 Å². The Morgan fingerprint density at radius 1 is 1.37 bits per heavy atom. The van der Waals surface area contributed by atoms with Crippen LogP contribution < -0.4 is 10.2 Å². The van der Waals surface area contributed by atoms with E-state index in [9.17, 15) is 0 Å². The highest BCUT2D eigenvalue weighted by atomic mass is 16.5. The molecule has 0 unspecified atom stereocenters. The summed E-state index contributed by atoms with van der Waals surface area (Å²) >= 11 is 0. The fourth-order valence-electron chi connectivity index (χ4n) is 2.05. The molecule has 19 heavy (non-hydrogen) atoms. The normalized spacial score (nSPS) is 15.9. The van der Waals surface area contributed by atoms with Gasteiger partial charge in [0.15, 0.2) is 11.5 Å². The first-order valence-corrected chi connectivity index (χ1v) is 6.26. The Bertz CT molecular complexity index is 551. The van der Waals surface area contributed by atoms with Gasteiger partial charge in [-0.05, 0) is 0 Å². The van der Waals surface area contributed by atoms with Crippen molar-refractivity contribution in [2.24, 2.45) is 0 Å². The lowest BCUT2D eigenvalue weighted by Crippen LogP contribution is -2.36.